The van der Waals surface area contributed by atoms with Crippen LogP contribution in [-0.4, -0.2) is 0 Å². The van der Waals surface area contributed by atoms with Crippen LogP contribution >= 0.6 is 0 Å². The minimum absolute atomic E-state index is 1.11. The number of benzene rings is 1. The van der Waals surface area contributed by atoms with Crippen LogP contribution in [0.4, 0.5) is 0 Å². The van der Waals surface area contributed by atoms with E-state index in [9.17, 15) is 0 Å². The molecule has 0 fully saturated rings. The van der Waals surface area contributed by atoms with Crippen molar-refractivity contribution in [3.05, 3.63) is 95.1 Å². The molecule has 0 atom stereocenters. The largest absolute Gasteiger partial charge is 0.0842 e. The molecule has 1 aromatic carbocycles. The van der Waals surface area contributed by atoms with Crippen molar-refractivity contribution in [2.75, 3.05) is 0 Å². The Labute approximate surface area is 119 Å². The molecule has 0 aromatic heterocycles. The summed E-state index contributed by atoms with van der Waals surface area (Å²) in [6.45, 7) is 0. The summed E-state index contributed by atoms with van der Waals surface area (Å²) in [4.78, 5) is 0. The lowest BCUT2D eigenvalue weighted by molar-refractivity contribution is 0.995. The van der Waals surface area contributed by atoms with Crippen LogP contribution < -0.4 is 0 Å². The molecule has 0 spiro atoms. The molecule has 0 saturated carbocycles. The molecular formula is C20H16. The molecule has 1 aromatic rings. The van der Waals surface area contributed by atoms with E-state index in [4.69, 9.17) is 0 Å². The second-order valence-corrected chi connectivity index (χ2v) is 5.32. The third-order valence-corrected chi connectivity index (χ3v) is 4.13. The van der Waals surface area contributed by atoms with E-state index in [0.29, 0.717) is 0 Å². The van der Waals surface area contributed by atoms with Gasteiger partial charge in [0.25, 0.3) is 0 Å². The molecule has 0 saturated heterocycles. The number of allylic oxidation sites excluding steroid dienone is 12. The maximum absolute atomic E-state index is 2.28. The van der Waals surface area contributed by atoms with Crippen LogP contribution in [0.2, 0.25) is 0 Å². The van der Waals surface area contributed by atoms with Crippen LogP contribution in [0.5, 0.6) is 0 Å². The predicted molar refractivity (Wildman–Crippen MR) is 86.1 cm³/mol. The topological polar surface area (TPSA) is 0 Å². The molecule has 0 heterocycles. The van der Waals surface area contributed by atoms with Gasteiger partial charge in [-0.05, 0) is 46.3 Å². The maximum Gasteiger partial charge on any atom is -0.00667 e. The van der Waals surface area contributed by atoms with Crippen molar-refractivity contribution in [2.45, 2.75) is 12.8 Å². The fraction of sp³-hybridized carbons (Fsp3) is 0.100. The van der Waals surface area contributed by atoms with Crippen LogP contribution in [0.1, 0.15) is 24.0 Å². The zero-order valence-corrected chi connectivity index (χ0v) is 11.3. The third-order valence-electron chi connectivity index (χ3n) is 4.13. The molecule has 96 valence electrons. The summed E-state index contributed by atoms with van der Waals surface area (Å²) in [5.41, 5.74) is 8.35. The van der Waals surface area contributed by atoms with Gasteiger partial charge in [-0.15, -0.1) is 0 Å². The standard InChI is InChI=1S/C20H16/c1-3-9-15-10-4-2-6-14-19-17-12-8-7-11-16(17)18(13-5-1)20(15)19/h1-3,5-9,11-14H,4,10H2. The smallest absolute Gasteiger partial charge is 0.00667 e. The van der Waals surface area contributed by atoms with Crippen LogP contribution in [-0.2, 0) is 0 Å². The van der Waals surface area contributed by atoms with Crippen LogP contribution in [0, 0.1) is 0 Å². The first-order valence-corrected chi connectivity index (χ1v) is 7.21. The Morgan fingerprint density at radius 1 is 0.800 bits per heavy atom. The highest BCUT2D eigenvalue weighted by atomic mass is 14.3. The van der Waals surface area contributed by atoms with Gasteiger partial charge in [-0.25, -0.2) is 0 Å². The molecular weight excluding hydrogens is 240 g/mol. The lowest BCUT2D eigenvalue weighted by Crippen LogP contribution is -1.94. The highest BCUT2D eigenvalue weighted by Gasteiger charge is 2.26. The normalized spacial score (nSPS) is 19.4. The highest BCUT2D eigenvalue weighted by molar-refractivity contribution is 6.06. The van der Waals surface area contributed by atoms with Gasteiger partial charge in [0.2, 0.25) is 0 Å². The van der Waals surface area contributed by atoms with Crippen LogP contribution in [0.15, 0.2) is 84.0 Å². The van der Waals surface area contributed by atoms with Gasteiger partial charge in [0.1, 0.15) is 0 Å². The van der Waals surface area contributed by atoms with Crippen molar-refractivity contribution >= 4 is 11.1 Å². The van der Waals surface area contributed by atoms with Crippen molar-refractivity contribution in [3.63, 3.8) is 0 Å². The fourth-order valence-electron chi connectivity index (χ4n) is 3.24. The van der Waals surface area contributed by atoms with E-state index in [0.717, 1.165) is 12.8 Å². The van der Waals surface area contributed by atoms with Gasteiger partial charge in [0.15, 0.2) is 0 Å². The minimum Gasteiger partial charge on any atom is -0.0842 e. The molecule has 0 radical (unpaired) electrons. The molecule has 0 heteroatoms. The SMILES string of the molecule is C1=CC=C2CCC=CC=C3C2=C(C=C1)c1ccccc13. The average Bonchev–Trinajstić information content (AvgIpc) is 2.72. The first-order chi connectivity index (χ1) is 9.95. The van der Waals surface area contributed by atoms with Crippen molar-refractivity contribution < 1.29 is 0 Å². The van der Waals surface area contributed by atoms with E-state index in [1.54, 1.807) is 0 Å². The van der Waals surface area contributed by atoms with Gasteiger partial charge < -0.3 is 0 Å². The lowest BCUT2D eigenvalue weighted by Gasteiger charge is -2.14. The van der Waals surface area contributed by atoms with Crippen LogP contribution in [0.3, 0.4) is 0 Å². The van der Waals surface area contributed by atoms with Gasteiger partial charge in [0, 0.05) is 0 Å². The Morgan fingerprint density at radius 3 is 2.65 bits per heavy atom. The first-order valence-electron chi connectivity index (χ1n) is 7.21. The predicted octanol–water partition coefficient (Wildman–Crippen LogP) is 5.24. The molecule has 20 heavy (non-hydrogen) atoms. The second-order valence-electron chi connectivity index (χ2n) is 5.32. The summed E-state index contributed by atoms with van der Waals surface area (Å²) in [5.74, 6) is 0. The summed E-state index contributed by atoms with van der Waals surface area (Å²) >= 11 is 0. The average molecular weight is 256 g/mol. The summed E-state index contributed by atoms with van der Waals surface area (Å²) in [5, 5.41) is 0. The monoisotopic (exact) mass is 256 g/mol. The number of hydrogen-bond acceptors (Lipinski definition) is 0. The quantitative estimate of drug-likeness (QED) is 0.595. The van der Waals surface area contributed by atoms with Crippen molar-refractivity contribution in [1.82, 2.24) is 0 Å². The molecule has 4 rings (SSSR count). The van der Waals surface area contributed by atoms with Gasteiger partial charge in [-0.2, -0.15) is 0 Å². The Kier molecular flexibility index (Phi) is 2.67. The Morgan fingerprint density at radius 2 is 1.70 bits per heavy atom. The molecule has 0 bridgehead atoms. The van der Waals surface area contributed by atoms with E-state index in [2.05, 4.69) is 72.9 Å². The van der Waals surface area contributed by atoms with E-state index in [-0.39, 0.29) is 0 Å². The van der Waals surface area contributed by atoms with Gasteiger partial charge in [-0.1, -0.05) is 72.9 Å². The molecule has 0 nitrogen and oxygen atoms in total. The zero-order chi connectivity index (χ0) is 13.4. The minimum atomic E-state index is 1.11. The summed E-state index contributed by atoms with van der Waals surface area (Å²) in [7, 11) is 0. The molecule has 3 aliphatic carbocycles. The fourth-order valence-corrected chi connectivity index (χ4v) is 3.24. The van der Waals surface area contributed by atoms with Gasteiger partial charge >= 0.3 is 0 Å². The van der Waals surface area contributed by atoms with E-state index < -0.39 is 0 Å². The summed E-state index contributed by atoms with van der Waals surface area (Å²) in [6.07, 6.45) is 19.9. The number of rotatable bonds is 0. The first kappa shape index (κ1) is 11.5. The number of fused-ring (bicyclic) bond motifs is 3. The molecule has 0 aliphatic heterocycles. The van der Waals surface area contributed by atoms with Crippen molar-refractivity contribution in [2.24, 2.45) is 0 Å². The van der Waals surface area contributed by atoms with E-state index in [1.165, 1.54) is 33.4 Å². The third kappa shape index (κ3) is 1.69. The van der Waals surface area contributed by atoms with Gasteiger partial charge in [0.05, 0.1) is 0 Å². The second kappa shape index (κ2) is 4.64. The number of hydrogen-bond donors (Lipinski definition) is 0. The highest BCUT2D eigenvalue weighted by Crippen LogP contribution is 2.47. The molecule has 0 N–H and O–H groups in total. The zero-order valence-electron chi connectivity index (χ0n) is 11.3. The lowest BCUT2D eigenvalue weighted by atomic mass is 9.90. The van der Waals surface area contributed by atoms with Crippen molar-refractivity contribution in [3.8, 4) is 0 Å². The molecule has 3 aliphatic rings. The Balaban J connectivity index is 2.06. The van der Waals surface area contributed by atoms with E-state index in [1.807, 2.05) is 0 Å². The van der Waals surface area contributed by atoms with Gasteiger partial charge in [-0.3, -0.25) is 0 Å². The molecule has 0 unspecified atom stereocenters. The van der Waals surface area contributed by atoms with Crippen molar-refractivity contribution in [1.29, 1.82) is 0 Å². The van der Waals surface area contributed by atoms with E-state index >= 15 is 0 Å². The Bertz CT molecular complexity index is 746. The van der Waals surface area contributed by atoms with Crippen LogP contribution in [0.25, 0.3) is 11.1 Å². The Hall–Kier alpha value is -2.34. The molecule has 0 amide bonds. The maximum atomic E-state index is 2.28. The summed E-state index contributed by atoms with van der Waals surface area (Å²) < 4.78 is 0. The summed E-state index contributed by atoms with van der Waals surface area (Å²) in [6, 6.07) is 8.74.